The average molecular weight is 273 g/mol. The van der Waals surface area contributed by atoms with Gasteiger partial charge in [0.05, 0.1) is 18.6 Å². The summed E-state index contributed by atoms with van der Waals surface area (Å²) >= 11 is 0. The van der Waals surface area contributed by atoms with E-state index in [0.29, 0.717) is 23.1 Å². The van der Waals surface area contributed by atoms with Crippen LogP contribution in [0.4, 0.5) is 5.82 Å². The minimum Gasteiger partial charge on any atom is -0.432 e. The van der Waals surface area contributed by atoms with Crippen LogP contribution in [0.3, 0.4) is 0 Å². The fourth-order valence-corrected chi connectivity index (χ4v) is 1.81. The summed E-state index contributed by atoms with van der Waals surface area (Å²) in [5.41, 5.74) is 3.11. The van der Waals surface area contributed by atoms with E-state index in [9.17, 15) is 0 Å². The number of rotatable bonds is 4. The molecule has 3 rings (SSSR count). The summed E-state index contributed by atoms with van der Waals surface area (Å²) in [5, 5.41) is 4.22. The van der Waals surface area contributed by atoms with Crippen LogP contribution < -0.4 is 16.0 Å². The lowest BCUT2D eigenvalue weighted by Crippen LogP contribution is -2.10. The van der Waals surface area contributed by atoms with E-state index in [2.05, 4.69) is 20.5 Å². The van der Waals surface area contributed by atoms with Crippen molar-refractivity contribution in [3.63, 3.8) is 0 Å². The standard InChI is InChI=1S/C12H15N7O/c1-8(2)19-6-9(5-15-19)20-12-11-14-3-4-18(11)7-10(16-12)17-13/h3-8,17H,13H2,1-2H3. The fourth-order valence-electron chi connectivity index (χ4n) is 1.81. The SMILES string of the molecule is CC(C)n1cc(Oc2nc(NN)cn3ccnc23)cn1. The summed E-state index contributed by atoms with van der Waals surface area (Å²) in [6.07, 6.45) is 8.65. The molecule has 0 amide bonds. The number of ether oxygens (including phenoxy) is 1. The van der Waals surface area contributed by atoms with Gasteiger partial charge in [-0.15, -0.1) is 0 Å². The Labute approximate surface area is 115 Å². The quantitative estimate of drug-likeness (QED) is 0.553. The first-order valence-electron chi connectivity index (χ1n) is 6.19. The van der Waals surface area contributed by atoms with Gasteiger partial charge in [-0.05, 0) is 13.8 Å². The number of anilines is 1. The second kappa shape index (κ2) is 4.82. The molecule has 3 heterocycles. The van der Waals surface area contributed by atoms with Crippen molar-refractivity contribution >= 4 is 11.5 Å². The average Bonchev–Trinajstić information content (AvgIpc) is 3.06. The van der Waals surface area contributed by atoms with Gasteiger partial charge in [0.15, 0.2) is 11.6 Å². The van der Waals surface area contributed by atoms with Crippen molar-refractivity contribution in [2.45, 2.75) is 19.9 Å². The third kappa shape index (κ3) is 2.16. The third-order valence-corrected chi connectivity index (χ3v) is 2.81. The number of aromatic nitrogens is 5. The van der Waals surface area contributed by atoms with Crippen molar-refractivity contribution in [2.75, 3.05) is 5.43 Å². The molecular weight excluding hydrogens is 258 g/mol. The first-order chi connectivity index (χ1) is 9.67. The number of fused-ring (bicyclic) bond motifs is 1. The van der Waals surface area contributed by atoms with Gasteiger partial charge >= 0.3 is 0 Å². The van der Waals surface area contributed by atoms with Gasteiger partial charge in [-0.25, -0.2) is 10.8 Å². The number of imidazole rings is 1. The summed E-state index contributed by atoms with van der Waals surface area (Å²) in [5.74, 6) is 6.86. The van der Waals surface area contributed by atoms with Crippen molar-refractivity contribution in [1.29, 1.82) is 0 Å². The Balaban J connectivity index is 1.98. The molecule has 0 aliphatic rings. The minimum atomic E-state index is 0.267. The van der Waals surface area contributed by atoms with Gasteiger partial charge in [-0.2, -0.15) is 10.1 Å². The fraction of sp³-hybridized carbons (Fsp3) is 0.250. The van der Waals surface area contributed by atoms with E-state index in [0.717, 1.165) is 0 Å². The highest BCUT2D eigenvalue weighted by Crippen LogP contribution is 2.25. The van der Waals surface area contributed by atoms with Gasteiger partial charge < -0.3 is 10.2 Å². The van der Waals surface area contributed by atoms with Crippen molar-refractivity contribution in [2.24, 2.45) is 5.84 Å². The zero-order valence-electron chi connectivity index (χ0n) is 11.2. The van der Waals surface area contributed by atoms with Crippen LogP contribution in [0.5, 0.6) is 11.6 Å². The van der Waals surface area contributed by atoms with Crippen LogP contribution in [0.15, 0.2) is 31.0 Å². The molecule has 0 unspecified atom stereocenters. The normalized spacial score (nSPS) is 11.2. The Morgan fingerprint density at radius 1 is 1.35 bits per heavy atom. The predicted molar refractivity (Wildman–Crippen MR) is 73.5 cm³/mol. The Bertz CT molecular complexity index is 730. The molecule has 0 aromatic carbocycles. The summed E-state index contributed by atoms with van der Waals surface area (Å²) in [6.45, 7) is 4.08. The molecule has 8 heteroatoms. The van der Waals surface area contributed by atoms with Crippen molar-refractivity contribution in [3.05, 3.63) is 31.0 Å². The smallest absolute Gasteiger partial charge is 0.266 e. The van der Waals surface area contributed by atoms with Crippen LogP contribution in [0.25, 0.3) is 5.65 Å². The first kappa shape index (κ1) is 12.4. The minimum absolute atomic E-state index is 0.267. The van der Waals surface area contributed by atoms with Crippen LogP contribution in [-0.2, 0) is 0 Å². The van der Waals surface area contributed by atoms with Crippen LogP contribution in [0.1, 0.15) is 19.9 Å². The zero-order valence-corrected chi connectivity index (χ0v) is 11.2. The molecule has 0 radical (unpaired) electrons. The third-order valence-electron chi connectivity index (χ3n) is 2.81. The molecule has 0 aliphatic carbocycles. The van der Waals surface area contributed by atoms with Gasteiger partial charge in [0, 0.05) is 18.4 Å². The van der Waals surface area contributed by atoms with Crippen LogP contribution in [0, 0.1) is 0 Å². The van der Waals surface area contributed by atoms with E-state index in [4.69, 9.17) is 10.6 Å². The van der Waals surface area contributed by atoms with E-state index in [1.807, 2.05) is 24.7 Å². The summed E-state index contributed by atoms with van der Waals surface area (Å²) in [7, 11) is 0. The lowest BCUT2D eigenvalue weighted by Gasteiger charge is -2.07. The second-order valence-electron chi connectivity index (χ2n) is 4.59. The zero-order chi connectivity index (χ0) is 14.1. The van der Waals surface area contributed by atoms with Gasteiger partial charge in [-0.1, -0.05) is 0 Å². The Hall–Kier alpha value is -2.61. The van der Waals surface area contributed by atoms with E-state index >= 15 is 0 Å². The van der Waals surface area contributed by atoms with E-state index in [-0.39, 0.29) is 6.04 Å². The van der Waals surface area contributed by atoms with Crippen molar-refractivity contribution < 1.29 is 4.74 Å². The molecule has 3 aromatic rings. The van der Waals surface area contributed by atoms with Crippen LogP contribution in [-0.4, -0.2) is 24.1 Å². The molecule has 0 fully saturated rings. The summed E-state index contributed by atoms with van der Waals surface area (Å²) < 4.78 is 9.34. The van der Waals surface area contributed by atoms with E-state index < -0.39 is 0 Å². The second-order valence-corrected chi connectivity index (χ2v) is 4.59. The number of hydrogen-bond donors (Lipinski definition) is 2. The monoisotopic (exact) mass is 273 g/mol. The first-order valence-corrected chi connectivity index (χ1v) is 6.19. The summed E-state index contributed by atoms with van der Waals surface area (Å²) in [4.78, 5) is 8.47. The van der Waals surface area contributed by atoms with E-state index in [1.54, 1.807) is 29.2 Å². The molecule has 0 atom stereocenters. The van der Waals surface area contributed by atoms with Gasteiger partial charge in [0.2, 0.25) is 5.65 Å². The number of hydrogen-bond acceptors (Lipinski definition) is 6. The molecule has 20 heavy (non-hydrogen) atoms. The van der Waals surface area contributed by atoms with Crippen molar-refractivity contribution in [3.8, 4) is 11.6 Å². The summed E-state index contributed by atoms with van der Waals surface area (Å²) in [6, 6.07) is 0.267. The largest absolute Gasteiger partial charge is 0.432 e. The molecule has 8 nitrogen and oxygen atoms in total. The number of nitrogen functional groups attached to an aromatic ring is 1. The number of nitrogens with zero attached hydrogens (tertiary/aromatic N) is 5. The Morgan fingerprint density at radius 3 is 2.90 bits per heavy atom. The molecule has 0 bridgehead atoms. The maximum absolute atomic E-state index is 5.75. The molecule has 0 saturated carbocycles. The van der Waals surface area contributed by atoms with Gasteiger partial charge in [0.1, 0.15) is 0 Å². The number of nitrogens with one attached hydrogen (secondary N) is 1. The molecule has 3 N–H and O–H groups in total. The number of hydrazine groups is 1. The topological polar surface area (TPSA) is 95.3 Å². The molecule has 0 saturated heterocycles. The lowest BCUT2D eigenvalue weighted by molar-refractivity contribution is 0.461. The Morgan fingerprint density at radius 2 is 2.20 bits per heavy atom. The van der Waals surface area contributed by atoms with Crippen LogP contribution >= 0.6 is 0 Å². The molecule has 0 spiro atoms. The highest BCUT2D eigenvalue weighted by atomic mass is 16.5. The van der Waals surface area contributed by atoms with Crippen LogP contribution in [0.2, 0.25) is 0 Å². The maximum atomic E-state index is 5.75. The molecule has 104 valence electrons. The van der Waals surface area contributed by atoms with Crippen molar-refractivity contribution in [1.82, 2.24) is 24.1 Å². The number of nitrogens with two attached hydrogens (primary N) is 1. The molecule has 3 aromatic heterocycles. The molecule has 0 aliphatic heterocycles. The van der Waals surface area contributed by atoms with Gasteiger partial charge in [0.25, 0.3) is 5.88 Å². The highest BCUT2D eigenvalue weighted by molar-refractivity contribution is 5.54. The van der Waals surface area contributed by atoms with E-state index in [1.165, 1.54) is 0 Å². The highest BCUT2D eigenvalue weighted by Gasteiger charge is 2.11. The Kier molecular flexibility index (Phi) is 2.99. The molecular formula is C12H15N7O. The maximum Gasteiger partial charge on any atom is 0.266 e. The van der Waals surface area contributed by atoms with Gasteiger partial charge in [-0.3, -0.25) is 9.08 Å². The predicted octanol–water partition coefficient (Wildman–Crippen LogP) is 1.58. The lowest BCUT2D eigenvalue weighted by atomic mass is 10.4.